The standard InChI is InChI=1S/C10H9ClN6/c11-6-1-4-9(14-5-6)17-16-7-2-3-8(12)15-10(7)13/h1-5H,(H4,12,13,15)/p+1. The smallest absolute Gasteiger partial charge is 0.348 e. The maximum absolute atomic E-state index is 5.72. The van der Waals surface area contributed by atoms with E-state index in [0.29, 0.717) is 22.3 Å². The predicted molar refractivity (Wildman–Crippen MR) is 65.2 cm³/mol. The number of aromatic nitrogens is 2. The van der Waals surface area contributed by atoms with E-state index in [1.165, 1.54) is 0 Å². The summed E-state index contributed by atoms with van der Waals surface area (Å²) in [6.07, 6.45) is 1.61. The molecular formula is C10H10ClN6+. The van der Waals surface area contributed by atoms with Crippen molar-refractivity contribution in [2.45, 2.75) is 0 Å². The molecule has 0 aromatic carbocycles. The fourth-order valence-electron chi connectivity index (χ4n) is 1.14. The van der Waals surface area contributed by atoms with E-state index in [1.807, 2.05) is 0 Å². The molecule has 0 aliphatic rings. The molecule has 2 aromatic heterocycles. The predicted octanol–water partition coefficient (Wildman–Crippen LogP) is 2.13. The number of halogens is 1. The van der Waals surface area contributed by atoms with E-state index < -0.39 is 0 Å². The van der Waals surface area contributed by atoms with Crippen LogP contribution in [0.1, 0.15) is 0 Å². The third kappa shape index (κ3) is 2.88. The summed E-state index contributed by atoms with van der Waals surface area (Å²) in [5.74, 6) is 1.15. The maximum atomic E-state index is 5.72. The second-order valence-electron chi connectivity index (χ2n) is 3.23. The number of nitrogens with zero attached hydrogens (tertiary/aromatic N) is 3. The van der Waals surface area contributed by atoms with Crippen LogP contribution in [-0.4, -0.2) is 4.98 Å². The van der Waals surface area contributed by atoms with Crippen molar-refractivity contribution in [1.29, 1.82) is 0 Å². The van der Waals surface area contributed by atoms with E-state index in [9.17, 15) is 0 Å². The van der Waals surface area contributed by atoms with Crippen LogP contribution in [0.25, 0.3) is 0 Å². The lowest BCUT2D eigenvalue weighted by Gasteiger charge is -1.95. The van der Waals surface area contributed by atoms with E-state index in [-0.39, 0.29) is 5.82 Å². The molecule has 86 valence electrons. The molecule has 2 aromatic rings. The van der Waals surface area contributed by atoms with Crippen LogP contribution < -0.4 is 16.5 Å². The lowest BCUT2D eigenvalue weighted by Crippen LogP contribution is -1.99. The number of nitrogens with two attached hydrogens (primary N) is 2. The van der Waals surface area contributed by atoms with Gasteiger partial charge in [0.1, 0.15) is 12.0 Å². The number of azo groups is 1. The SMILES string of the molecule is Nc1ccc(N=Nc2ccc(Cl)c[nH+]2)c(N)n1. The minimum atomic E-state index is 0.239. The summed E-state index contributed by atoms with van der Waals surface area (Å²) in [5.41, 5.74) is 11.6. The van der Waals surface area contributed by atoms with Gasteiger partial charge in [0.25, 0.3) is 0 Å². The average Bonchev–Trinajstić information content (AvgIpc) is 2.30. The van der Waals surface area contributed by atoms with Crippen molar-refractivity contribution in [1.82, 2.24) is 4.98 Å². The summed E-state index contributed by atoms with van der Waals surface area (Å²) >= 11 is 5.72. The second kappa shape index (κ2) is 4.75. The molecule has 7 heteroatoms. The first kappa shape index (κ1) is 11.3. The van der Waals surface area contributed by atoms with Crippen molar-refractivity contribution in [2.75, 3.05) is 11.5 Å². The summed E-state index contributed by atoms with van der Waals surface area (Å²) in [4.78, 5) is 6.73. The quantitative estimate of drug-likeness (QED) is 0.797. The molecule has 2 heterocycles. The summed E-state index contributed by atoms with van der Waals surface area (Å²) < 4.78 is 0. The van der Waals surface area contributed by atoms with E-state index in [0.717, 1.165) is 0 Å². The number of hydrogen-bond acceptors (Lipinski definition) is 5. The molecule has 0 bridgehead atoms. The number of aromatic amines is 1. The largest absolute Gasteiger partial charge is 0.384 e. The fraction of sp³-hybridized carbons (Fsp3) is 0. The Labute approximate surface area is 102 Å². The Hall–Kier alpha value is -2.21. The molecule has 0 atom stereocenters. The van der Waals surface area contributed by atoms with Gasteiger partial charge in [0.05, 0.1) is 10.1 Å². The van der Waals surface area contributed by atoms with Crippen LogP contribution in [0.3, 0.4) is 0 Å². The van der Waals surface area contributed by atoms with Crippen LogP contribution in [0, 0.1) is 0 Å². The number of anilines is 2. The molecule has 0 aliphatic carbocycles. The second-order valence-corrected chi connectivity index (χ2v) is 3.67. The minimum absolute atomic E-state index is 0.239. The Kier molecular flexibility index (Phi) is 3.15. The van der Waals surface area contributed by atoms with E-state index >= 15 is 0 Å². The Balaban J connectivity index is 2.23. The highest BCUT2D eigenvalue weighted by Gasteiger charge is 2.04. The first-order chi connectivity index (χ1) is 8.15. The number of pyridine rings is 2. The van der Waals surface area contributed by atoms with Crippen LogP contribution in [0.5, 0.6) is 0 Å². The molecule has 0 aliphatic heterocycles. The van der Waals surface area contributed by atoms with Gasteiger partial charge in [-0.1, -0.05) is 11.6 Å². The Morgan fingerprint density at radius 1 is 1.12 bits per heavy atom. The lowest BCUT2D eigenvalue weighted by molar-refractivity contribution is -0.363. The van der Waals surface area contributed by atoms with Crippen LogP contribution in [0.2, 0.25) is 5.02 Å². The molecular weight excluding hydrogens is 240 g/mol. The zero-order valence-electron chi connectivity index (χ0n) is 8.76. The maximum Gasteiger partial charge on any atom is 0.348 e. The summed E-state index contributed by atoms with van der Waals surface area (Å²) in [5, 5.41) is 8.51. The number of nitrogens with one attached hydrogen (secondary N) is 1. The third-order valence-electron chi connectivity index (χ3n) is 1.95. The highest BCUT2D eigenvalue weighted by atomic mass is 35.5. The first-order valence-corrected chi connectivity index (χ1v) is 5.14. The normalized spacial score (nSPS) is 10.9. The molecule has 0 saturated heterocycles. The molecule has 0 saturated carbocycles. The van der Waals surface area contributed by atoms with Crippen molar-refractivity contribution >= 4 is 34.7 Å². The van der Waals surface area contributed by atoms with Gasteiger partial charge in [-0.15, -0.1) is 0 Å². The molecule has 0 amide bonds. The number of H-pyrrole nitrogens is 1. The van der Waals surface area contributed by atoms with Gasteiger partial charge in [0.2, 0.25) is 0 Å². The van der Waals surface area contributed by atoms with Crippen LogP contribution in [0.4, 0.5) is 23.1 Å². The van der Waals surface area contributed by atoms with Crippen LogP contribution in [-0.2, 0) is 0 Å². The monoisotopic (exact) mass is 249 g/mol. The number of nitrogen functional groups attached to an aromatic ring is 2. The average molecular weight is 250 g/mol. The van der Waals surface area contributed by atoms with Crippen molar-refractivity contribution in [3.8, 4) is 0 Å². The summed E-state index contributed by atoms with van der Waals surface area (Å²) in [7, 11) is 0. The topological polar surface area (TPSA) is 104 Å². The zero-order valence-corrected chi connectivity index (χ0v) is 9.52. The van der Waals surface area contributed by atoms with E-state index in [1.54, 1.807) is 30.5 Å². The highest BCUT2D eigenvalue weighted by molar-refractivity contribution is 6.30. The number of rotatable bonds is 2. The number of hydrogen-bond donors (Lipinski definition) is 2. The molecule has 0 spiro atoms. The third-order valence-corrected chi connectivity index (χ3v) is 2.18. The van der Waals surface area contributed by atoms with Crippen molar-refractivity contribution in [3.63, 3.8) is 0 Å². The summed E-state index contributed by atoms with van der Waals surface area (Å²) in [6.45, 7) is 0. The van der Waals surface area contributed by atoms with Crippen molar-refractivity contribution in [2.24, 2.45) is 10.2 Å². The molecule has 2 rings (SSSR count). The van der Waals surface area contributed by atoms with Gasteiger partial charge in [-0.05, 0) is 23.3 Å². The highest BCUT2D eigenvalue weighted by Crippen LogP contribution is 2.22. The molecule has 5 N–H and O–H groups in total. The first-order valence-electron chi connectivity index (χ1n) is 4.76. The Morgan fingerprint density at radius 3 is 2.59 bits per heavy atom. The molecule has 6 nitrogen and oxygen atoms in total. The Bertz CT molecular complexity index is 551. The summed E-state index contributed by atoms with van der Waals surface area (Å²) in [6, 6.07) is 6.66. The van der Waals surface area contributed by atoms with Crippen LogP contribution >= 0.6 is 11.6 Å². The van der Waals surface area contributed by atoms with Gasteiger partial charge in [0, 0.05) is 6.07 Å². The van der Waals surface area contributed by atoms with Crippen molar-refractivity contribution < 1.29 is 4.98 Å². The van der Waals surface area contributed by atoms with Gasteiger partial charge < -0.3 is 11.5 Å². The zero-order chi connectivity index (χ0) is 12.3. The molecule has 0 unspecified atom stereocenters. The fourth-order valence-corrected chi connectivity index (χ4v) is 1.25. The van der Waals surface area contributed by atoms with Gasteiger partial charge in [-0.2, -0.15) is 0 Å². The molecule has 17 heavy (non-hydrogen) atoms. The molecule has 0 radical (unpaired) electrons. The van der Waals surface area contributed by atoms with Crippen molar-refractivity contribution in [3.05, 3.63) is 35.5 Å². The minimum Gasteiger partial charge on any atom is -0.384 e. The van der Waals surface area contributed by atoms with Crippen LogP contribution in [0.15, 0.2) is 40.7 Å². The van der Waals surface area contributed by atoms with Gasteiger partial charge in [0.15, 0.2) is 11.5 Å². The molecule has 0 fully saturated rings. The van der Waals surface area contributed by atoms with E-state index in [2.05, 4.69) is 20.2 Å². The Morgan fingerprint density at radius 2 is 1.94 bits per heavy atom. The van der Waals surface area contributed by atoms with E-state index in [4.69, 9.17) is 23.1 Å². The van der Waals surface area contributed by atoms with Gasteiger partial charge in [-0.25, -0.2) is 9.97 Å². The lowest BCUT2D eigenvalue weighted by atomic mass is 10.4. The van der Waals surface area contributed by atoms with Gasteiger partial charge in [-0.3, -0.25) is 0 Å². The van der Waals surface area contributed by atoms with Gasteiger partial charge >= 0.3 is 5.82 Å².